The molecule has 1 saturated heterocycles. The van der Waals surface area contributed by atoms with Crippen LogP contribution in [0.4, 0.5) is 5.69 Å². The van der Waals surface area contributed by atoms with E-state index < -0.39 is 28.3 Å². The number of carbonyl (C=O) groups is 2. The highest BCUT2D eigenvalue weighted by Crippen LogP contribution is 2.24. The van der Waals surface area contributed by atoms with Crippen LogP contribution in [-0.2, 0) is 24.2 Å². The van der Waals surface area contributed by atoms with Gasteiger partial charge in [-0.25, -0.2) is 18.1 Å². The maximum Gasteiger partial charge on any atom is 0.306 e. The van der Waals surface area contributed by atoms with Crippen LogP contribution in [0.15, 0.2) is 30.9 Å². The summed E-state index contributed by atoms with van der Waals surface area (Å²) in [5.74, 6) is -1.33. The van der Waals surface area contributed by atoms with Gasteiger partial charge in [0.25, 0.3) is 5.91 Å². The van der Waals surface area contributed by atoms with Gasteiger partial charge >= 0.3 is 5.97 Å². The molecule has 0 aliphatic carbocycles. The molecule has 1 aliphatic heterocycles. The number of ether oxygens (including phenoxy) is 1. The second kappa shape index (κ2) is 8.05. The van der Waals surface area contributed by atoms with Crippen molar-refractivity contribution in [2.24, 2.45) is 5.92 Å². The molecular formula is C16H17ClN4O5S. The lowest BCUT2D eigenvalue weighted by molar-refractivity contribution is -0.148. The summed E-state index contributed by atoms with van der Waals surface area (Å²) in [6, 6.07) is 4.85. The molecule has 1 fully saturated rings. The molecule has 0 spiro atoms. The molecule has 1 atom stereocenters. The van der Waals surface area contributed by atoms with Gasteiger partial charge in [-0.2, -0.15) is 5.10 Å². The van der Waals surface area contributed by atoms with Gasteiger partial charge in [-0.15, -0.1) is 0 Å². The average Bonchev–Trinajstić information content (AvgIpc) is 3.23. The van der Waals surface area contributed by atoms with E-state index in [2.05, 4.69) is 15.4 Å². The minimum atomic E-state index is -3.06. The number of halogens is 1. The van der Waals surface area contributed by atoms with Gasteiger partial charge in [-0.3, -0.25) is 9.59 Å². The zero-order valence-electron chi connectivity index (χ0n) is 14.2. The molecular weight excluding hydrogens is 396 g/mol. The quantitative estimate of drug-likeness (QED) is 0.708. The van der Waals surface area contributed by atoms with Crippen LogP contribution in [0.2, 0.25) is 5.02 Å². The third-order valence-electron chi connectivity index (χ3n) is 4.04. The van der Waals surface area contributed by atoms with Crippen LogP contribution in [0.1, 0.15) is 12.8 Å². The largest absolute Gasteiger partial charge is 0.456 e. The van der Waals surface area contributed by atoms with Gasteiger partial charge in [0, 0.05) is 11.4 Å². The minimum Gasteiger partial charge on any atom is -0.456 e. The first kappa shape index (κ1) is 19.3. The number of hydrogen-bond acceptors (Lipinski definition) is 7. The Balaban J connectivity index is 1.55. The third-order valence-corrected chi connectivity index (χ3v) is 6.12. The summed E-state index contributed by atoms with van der Waals surface area (Å²) in [4.78, 5) is 27.8. The first-order chi connectivity index (χ1) is 12.8. The summed E-state index contributed by atoms with van der Waals surface area (Å²) >= 11 is 5.98. The van der Waals surface area contributed by atoms with Crippen LogP contribution in [0.5, 0.6) is 0 Å². The van der Waals surface area contributed by atoms with E-state index in [0.29, 0.717) is 22.8 Å². The first-order valence-corrected chi connectivity index (χ1v) is 10.3. The Labute approximate surface area is 160 Å². The Hall–Kier alpha value is -2.46. The molecule has 2 heterocycles. The zero-order chi connectivity index (χ0) is 19.4. The van der Waals surface area contributed by atoms with E-state index in [0.717, 1.165) is 0 Å². The molecule has 2 aromatic rings. The summed E-state index contributed by atoms with van der Waals surface area (Å²) < 4.78 is 29.2. The van der Waals surface area contributed by atoms with Gasteiger partial charge in [0.1, 0.15) is 12.7 Å². The molecule has 9 nitrogen and oxygen atoms in total. The fourth-order valence-corrected chi connectivity index (χ4v) is 4.83. The second-order valence-corrected chi connectivity index (χ2v) is 8.85. The standard InChI is InChI=1S/C16H17ClN4O5S/c17-12-1-2-14(21-10-18-9-19-21)13(6-12)20-15(22)7-26-16(23)5-11-3-4-27(24,25)8-11/h1-2,6,9-11H,3-5,7-8H2,(H,20,22)/t11-/m0/s1. The van der Waals surface area contributed by atoms with Crippen molar-refractivity contribution in [3.05, 3.63) is 35.9 Å². The summed E-state index contributed by atoms with van der Waals surface area (Å²) in [6.07, 6.45) is 3.24. The molecule has 1 aliphatic rings. The maximum absolute atomic E-state index is 12.1. The van der Waals surface area contributed by atoms with Crippen LogP contribution in [-0.4, -0.2) is 53.2 Å². The Morgan fingerprint density at radius 2 is 2.19 bits per heavy atom. The molecule has 0 saturated carbocycles. The highest BCUT2D eigenvalue weighted by molar-refractivity contribution is 7.91. The van der Waals surface area contributed by atoms with E-state index in [1.165, 1.54) is 17.3 Å². The number of amides is 1. The Morgan fingerprint density at radius 1 is 1.37 bits per heavy atom. The van der Waals surface area contributed by atoms with Gasteiger partial charge in [0.15, 0.2) is 16.4 Å². The lowest BCUT2D eigenvalue weighted by Gasteiger charge is -2.12. The summed E-state index contributed by atoms with van der Waals surface area (Å²) in [5, 5.41) is 7.03. The van der Waals surface area contributed by atoms with Crippen molar-refractivity contribution in [2.75, 3.05) is 23.4 Å². The van der Waals surface area contributed by atoms with Crippen molar-refractivity contribution in [2.45, 2.75) is 12.8 Å². The van der Waals surface area contributed by atoms with Gasteiger partial charge in [0.05, 0.1) is 22.9 Å². The molecule has 11 heteroatoms. The monoisotopic (exact) mass is 412 g/mol. The van der Waals surface area contributed by atoms with Crippen LogP contribution in [0.3, 0.4) is 0 Å². The van der Waals surface area contributed by atoms with Gasteiger partial charge in [0.2, 0.25) is 0 Å². The predicted molar refractivity (Wildman–Crippen MR) is 97.3 cm³/mol. The Morgan fingerprint density at radius 3 is 2.85 bits per heavy atom. The number of anilines is 1. The number of hydrogen-bond donors (Lipinski definition) is 1. The molecule has 144 valence electrons. The molecule has 0 unspecified atom stereocenters. The minimum absolute atomic E-state index is 0.0158. The van der Waals surface area contributed by atoms with Crippen LogP contribution >= 0.6 is 11.6 Å². The first-order valence-electron chi connectivity index (χ1n) is 8.13. The number of rotatable bonds is 6. The van der Waals surface area contributed by atoms with E-state index in [1.54, 1.807) is 18.2 Å². The molecule has 3 rings (SSSR count). The fraction of sp³-hybridized carbons (Fsp3) is 0.375. The SMILES string of the molecule is O=C(COC(=O)C[C@@H]1CCS(=O)(=O)C1)Nc1cc(Cl)ccc1-n1cncn1. The van der Waals surface area contributed by atoms with Gasteiger partial charge in [-0.1, -0.05) is 11.6 Å². The summed E-state index contributed by atoms with van der Waals surface area (Å²) in [6.45, 7) is -0.485. The number of carbonyl (C=O) groups excluding carboxylic acids is 2. The molecule has 0 bridgehead atoms. The van der Waals surface area contributed by atoms with Crippen LogP contribution in [0, 0.1) is 5.92 Å². The topological polar surface area (TPSA) is 120 Å². The number of nitrogens with one attached hydrogen (secondary N) is 1. The summed E-state index contributed by atoms with van der Waals surface area (Å²) in [5.41, 5.74) is 0.934. The molecule has 1 amide bonds. The highest BCUT2D eigenvalue weighted by atomic mass is 35.5. The van der Waals surface area contributed by atoms with Crippen molar-refractivity contribution in [1.82, 2.24) is 14.8 Å². The third kappa shape index (κ3) is 5.27. The Bertz CT molecular complexity index is 946. The number of sulfone groups is 1. The number of benzene rings is 1. The zero-order valence-corrected chi connectivity index (χ0v) is 15.7. The molecule has 27 heavy (non-hydrogen) atoms. The van der Waals surface area contributed by atoms with Gasteiger partial charge in [-0.05, 0) is 30.5 Å². The van der Waals surface area contributed by atoms with Crippen molar-refractivity contribution in [3.63, 3.8) is 0 Å². The maximum atomic E-state index is 12.1. The van der Waals surface area contributed by atoms with E-state index in [1.807, 2.05) is 0 Å². The van der Waals surface area contributed by atoms with Crippen molar-refractivity contribution >= 4 is 39.0 Å². The molecule has 0 radical (unpaired) electrons. The number of aromatic nitrogens is 3. The van der Waals surface area contributed by atoms with E-state index in [9.17, 15) is 18.0 Å². The van der Waals surface area contributed by atoms with Crippen molar-refractivity contribution in [3.8, 4) is 5.69 Å². The number of nitrogens with zero attached hydrogens (tertiary/aromatic N) is 3. The van der Waals surface area contributed by atoms with Gasteiger partial charge < -0.3 is 10.1 Å². The lowest BCUT2D eigenvalue weighted by Crippen LogP contribution is -2.23. The lowest BCUT2D eigenvalue weighted by atomic mass is 10.1. The smallest absolute Gasteiger partial charge is 0.306 e. The van der Waals surface area contributed by atoms with E-state index in [4.69, 9.17) is 16.3 Å². The molecule has 1 N–H and O–H groups in total. The predicted octanol–water partition coefficient (Wildman–Crippen LogP) is 1.23. The number of esters is 1. The van der Waals surface area contributed by atoms with Crippen LogP contribution in [0.25, 0.3) is 5.69 Å². The highest BCUT2D eigenvalue weighted by Gasteiger charge is 2.30. The molecule has 1 aromatic heterocycles. The normalized spacial score (nSPS) is 18.2. The second-order valence-electron chi connectivity index (χ2n) is 6.18. The average molecular weight is 413 g/mol. The van der Waals surface area contributed by atoms with E-state index in [-0.39, 0.29) is 23.8 Å². The Kier molecular flexibility index (Phi) is 5.76. The fourth-order valence-electron chi connectivity index (χ4n) is 2.80. The van der Waals surface area contributed by atoms with Crippen LogP contribution < -0.4 is 5.32 Å². The molecule has 1 aromatic carbocycles. The van der Waals surface area contributed by atoms with E-state index >= 15 is 0 Å². The van der Waals surface area contributed by atoms with Crippen molar-refractivity contribution < 1.29 is 22.7 Å². The van der Waals surface area contributed by atoms with Crippen molar-refractivity contribution in [1.29, 1.82) is 0 Å². The summed E-state index contributed by atoms with van der Waals surface area (Å²) in [7, 11) is -3.06.